The molecule has 2 aromatic heterocycles. The molecule has 0 N–H and O–H groups in total. The van der Waals surface area contributed by atoms with Gasteiger partial charge in [0, 0.05) is 35.0 Å². The molecule has 2 aromatic rings. The SMILES string of the molecule is CCC.O=Cc1ccc(C2=C(Sc3ccc(Cl)cn3)CC(C3CCC3)=N2)cn1. The predicted molar refractivity (Wildman–Crippen MR) is 117 cm³/mol. The zero-order valence-corrected chi connectivity index (χ0v) is 17.8. The van der Waals surface area contributed by atoms with E-state index in [0.717, 1.165) is 29.0 Å². The number of hydrogen-bond donors (Lipinski definition) is 0. The van der Waals surface area contributed by atoms with Crippen molar-refractivity contribution in [3.8, 4) is 0 Å². The smallest absolute Gasteiger partial charge is 0.168 e. The van der Waals surface area contributed by atoms with Crippen LogP contribution in [-0.4, -0.2) is 22.0 Å². The van der Waals surface area contributed by atoms with Gasteiger partial charge in [0.05, 0.1) is 10.7 Å². The molecule has 3 heterocycles. The minimum absolute atomic E-state index is 0.430. The Bertz CT molecular complexity index is 872. The molecule has 1 fully saturated rings. The van der Waals surface area contributed by atoms with Crippen LogP contribution in [0.2, 0.25) is 5.02 Å². The first-order valence-electron chi connectivity index (χ1n) is 9.66. The Morgan fingerprint density at radius 2 is 1.93 bits per heavy atom. The summed E-state index contributed by atoms with van der Waals surface area (Å²) in [6, 6.07) is 7.41. The Labute approximate surface area is 175 Å². The number of allylic oxidation sites excluding steroid dienone is 1. The minimum atomic E-state index is 0.430. The lowest BCUT2D eigenvalue weighted by Crippen LogP contribution is -2.20. The van der Waals surface area contributed by atoms with Gasteiger partial charge < -0.3 is 0 Å². The van der Waals surface area contributed by atoms with E-state index in [9.17, 15) is 4.79 Å². The summed E-state index contributed by atoms with van der Waals surface area (Å²) < 4.78 is 0. The molecule has 4 rings (SSSR count). The highest BCUT2D eigenvalue weighted by atomic mass is 35.5. The molecule has 1 saturated carbocycles. The summed E-state index contributed by atoms with van der Waals surface area (Å²) >= 11 is 7.56. The van der Waals surface area contributed by atoms with Crippen LogP contribution < -0.4 is 0 Å². The van der Waals surface area contributed by atoms with E-state index >= 15 is 0 Å². The van der Waals surface area contributed by atoms with E-state index in [2.05, 4.69) is 23.8 Å². The van der Waals surface area contributed by atoms with Crippen molar-refractivity contribution in [2.75, 3.05) is 0 Å². The fourth-order valence-electron chi connectivity index (χ4n) is 2.94. The van der Waals surface area contributed by atoms with Crippen LogP contribution in [0.5, 0.6) is 0 Å². The van der Waals surface area contributed by atoms with Crippen LogP contribution in [0.25, 0.3) is 5.70 Å². The third kappa shape index (κ3) is 5.09. The van der Waals surface area contributed by atoms with Crippen molar-refractivity contribution >= 4 is 41.1 Å². The standard InChI is InChI=1S/C19H16ClN3OS.C3H8/c20-14-5-7-18(22-10-14)25-17-8-16(12-2-1-3-12)23-19(17)13-4-6-15(11-24)21-9-13;1-3-2/h4-7,9-12H,1-3,8H2;3H2,1-2H3. The Morgan fingerprint density at radius 3 is 2.46 bits per heavy atom. The van der Waals surface area contributed by atoms with Crippen LogP contribution >= 0.6 is 23.4 Å². The molecule has 4 nitrogen and oxygen atoms in total. The van der Waals surface area contributed by atoms with Crippen molar-refractivity contribution in [1.82, 2.24) is 9.97 Å². The number of halogens is 1. The molecular formula is C22H24ClN3OS. The summed E-state index contributed by atoms with van der Waals surface area (Å²) in [6.07, 6.45) is 10.00. The van der Waals surface area contributed by atoms with Crippen molar-refractivity contribution in [3.63, 3.8) is 0 Å². The third-order valence-electron chi connectivity index (χ3n) is 4.55. The maximum absolute atomic E-state index is 10.8. The van der Waals surface area contributed by atoms with Crippen LogP contribution in [0.3, 0.4) is 0 Å². The summed E-state index contributed by atoms with van der Waals surface area (Å²) in [4.78, 5) is 25.5. The predicted octanol–water partition coefficient (Wildman–Crippen LogP) is 6.46. The largest absolute Gasteiger partial charge is 0.296 e. The van der Waals surface area contributed by atoms with Crippen LogP contribution in [0.4, 0.5) is 0 Å². The van der Waals surface area contributed by atoms with Gasteiger partial charge in [0.15, 0.2) is 6.29 Å². The van der Waals surface area contributed by atoms with Gasteiger partial charge in [-0.25, -0.2) is 4.98 Å². The molecule has 0 saturated heterocycles. The number of carbonyl (C=O) groups excluding carboxylic acids is 1. The molecule has 1 aliphatic carbocycles. The topological polar surface area (TPSA) is 55.2 Å². The Kier molecular flexibility index (Phi) is 7.40. The molecule has 146 valence electrons. The number of aromatic nitrogens is 2. The maximum Gasteiger partial charge on any atom is 0.168 e. The summed E-state index contributed by atoms with van der Waals surface area (Å²) in [5.74, 6) is 0.605. The van der Waals surface area contributed by atoms with Gasteiger partial charge in [-0.15, -0.1) is 0 Å². The normalized spacial score (nSPS) is 16.2. The van der Waals surface area contributed by atoms with Crippen molar-refractivity contribution in [1.29, 1.82) is 0 Å². The fourth-order valence-corrected chi connectivity index (χ4v) is 4.03. The molecule has 28 heavy (non-hydrogen) atoms. The Morgan fingerprint density at radius 1 is 1.14 bits per heavy atom. The monoisotopic (exact) mass is 413 g/mol. The van der Waals surface area contributed by atoms with E-state index in [1.165, 1.54) is 36.3 Å². The number of pyridine rings is 2. The van der Waals surface area contributed by atoms with E-state index in [1.807, 2.05) is 18.2 Å². The second kappa shape index (κ2) is 9.99. The van der Waals surface area contributed by atoms with Gasteiger partial charge in [0.25, 0.3) is 0 Å². The molecule has 0 unspecified atom stereocenters. The lowest BCUT2D eigenvalue weighted by Gasteiger charge is -2.25. The molecule has 6 heteroatoms. The molecule has 0 bridgehead atoms. The van der Waals surface area contributed by atoms with Crippen LogP contribution in [0.1, 0.15) is 62.0 Å². The summed E-state index contributed by atoms with van der Waals surface area (Å²) in [7, 11) is 0. The molecule has 0 radical (unpaired) electrons. The van der Waals surface area contributed by atoms with Gasteiger partial charge in [-0.1, -0.05) is 50.1 Å². The van der Waals surface area contributed by atoms with Gasteiger partial charge in [0.2, 0.25) is 0 Å². The first-order chi connectivity index (χ1) is 13.6. The number of carbonyl (C=O) groups is 1. The van der Waals surface area contributed by atoms with Gasteiger partial charge in [-0.05, 0) is 43.0 Å². The van der Waals surface area contributed by atoms with E-state index in [4.69, 9.17) is 16.6 Å². The average Bonchev–Trinajstić information content (AvgIpc) is 3.06. The van der Waals surface area contributed by atoms with Crippen LogP contribution in [-0.2, 0) is 0 Å². The minimum Gasteiger partial charge on any atom is -0.296 e. The first-order valence-corrected chi connectivity index (χ1v) is 10.9. The Hall–Kier alpha value is -1.98. The van der Waals surface area contributed by atoms with Crippen molar-refractivity contribution in [2.24, 2.45) is 10.9 Å². The van der Waals surface area contributed by atoms with Gasteiger partial charge >= 0.3 is 0 Å². The number of nitrogens with zero attached hydrogens (tertiary/aromatic N) is 3. The molecule has 1 aliphatic heterocycles. The zero-order chi connectivity index (χ0) is 19.9. The quantitative estimate of drug-likeness (QED) is 0.527. The average molecular weight is 414 g/mol. The molecule has 2 aliphatic rings. The number of aliphatic imine (C=N–C) groups is 1. The fraction of sp³-hybridized carbons (Fsp3) is 0.364. The van der Waals surface area contributed by atoms with Crippen molar-refractivity contribution in [2.45, 2.75) is 51.0 Å². The number of thioether (sulfide) groups is 1. The lowest BCUT2D eigenvalue weighted by atomic mass is 9.81. The van der Waals surface area contributed by atoms with Crippen molar-refractivity contribution < 1.29 is 4.79 Å². The highest BCUT2D eigenvalue weighted by Gasteiger charge is 2.29. The Balaban J connectivity index is 0.000000706. The highest BCUT2D eigenvalue weighted by molar-refractivity contribution is 8.03. The van der Waals surface area contributed by atoms with Gasteiger partial charge in [-0.3, -0.25) is 14.8 Å². The zero-order valence-electron chi connectivity index (χ0n) is 16.2. The number of aldehydes is 1. The second-order valence-electron chi connectivity index (χ2n) is 6.89. The van der Waals surface area contributed by atoms with Gasteiger partial charge in [-0.2, -0.15) is 0 Å². The van der Waals surface area contributed by atoms with E-state index in [-0.39, 0.29) is 0 Å². The first kappa shape index (κ1) is 20.7. The van der Waals surface area contributed by atoms with E-state index in [1.54, 1.807) is 30.2 Å². The molecular weight excluding hydrogens is 390 g/mol. The molecule has 0 aromatic carbocycles. The number of rotatable bonds is 5. The van der Waals surface area contributed by atoms with Crippen LogP contribution in [0, 0.1) is 5.92 Å². The second-order valence-corrected chi connectivity index (χ2v) is 8.44. The maximum atomic E-state index is 10.8. The van der Waals surface area contributed by atoms with Gasteiger partial charge in [0.1, 0.15) is 10.7 Å². The van der Waals surface area contributed by atoms with Crippen LogP contribution in [0.15, 0.2) is 51.6 Å². The lowest BCUT2D eigenvalue weighted by molar-refractivity contribution is 0.111. The van der Waals surface area contributed by atoms with E-state index in [0.29, 0.717) is 16.6 Å². The highest BCUT2D eigenvalue weighted by Crippen LogP contribution is 2.43. The van der Waals surface area contributed by atoms with E-state index < -0.39 is 0 Å². The molecule has 0 spiro atoms. The third-order valence-corrected chi connectivity index (χ3v) is 5.80. The molecule has 0 atom stereocenters. The van der Waals surface area contributed by atoms with Crippen molar-refractivity contribution in [3.05, 3.63) is 57.8 Å². The summed E-state index contributed by atoms with van der Waals surface area (Å²) in [5.41, 5.74) is 3.58. The number of hydrogen-bond acceptors (Lipinski definition) is 5. The summed E-state index contributed by atoms with van der Waals surface area (Å²) in [6.45, 7) is 4.25. The molecule has 0 amide bonds. The summed E-state index contributed by atoms with van der Waals surface area (Å²) in [5, 5.41) is 1.53.